The van der Waals surface area contributed by atoms with Crippen molar-refractivity contribution in [3.8, 4) is 5.69 Å². The third-order valence-corrected chi connectivity index (χ3v) is 3.90. The average molecular weight is 360 g/mol. The zero-order chi connectivity index (χ0) is 18.7. The van der Waals surface area contributed by atoms with E-state index in [4.69, 9.17) is 9.94 Å². The Morgan fingerprint density at radius 2 is 2.31 bits per heavy atom. The number of rotatable bonds is 5. The number of carbonyl (C=O) groups is 2. The van der Waals surface area contributed by atoms with Crippen LogP contribution in [0.2, 0.25) is 0 Å². The molecule has 0 radical (unpaired) electrons. The van der Waals surface area contributed by atoms with E-state index in [0.717, 1.165) is 0 Å². The summed E-state index contributed by atoms with van der Waals surface area (Å²) in [6, 6.07) is 6.06. The number of anilines is 1. The molecule has 9 heteroatoms. The highest BCUT2D eigenvalue weighted by Crippen LogP contribution is 2.25. The number of cyclic esters (lactones) is 1. The summed E-state index contributed by atoms with van der Waals surface area (Å²) < 4.78 is 21.2. The molecular weight excluding hydrogens is 343 g/mol. The average Bonchev–Trinajstić information content (AvgIpc) is 3.20. The molecule has 136 valence electrons. The summed E-state index contributed by atoms with van der Waals surface area (Å²) in [7, 11) is 0. The molecule has 0 bridgehead atoms. The van der Waals surface area contributed by atoms with Gasteiger partial charge in [0.15, 0.2) is 0 Å². The Balaban J connectivity index is 1.76. The summed E-state index contributed by atoms with van der Waals surface area (Å²) in [6.07, 6.45) is 3.39. The molecule has 2 N–H and O–H groups in total. The third kappa shape index (κ3) is 3.66. The van der Waals surface area contributed by atoms with E-state index in [-0.39, 0.29) is 24.7 Å². The van der Waals surface area contributed by atoms with Gasteiger partial charge in [0.05, 0.1) is 30.7 Å². The van der Waals surface area contributed by atoms with E-state index in [1.165, 1.54) is 28.7 Å². The number of nitrogens with one attached hydrogen (secondary N) is 1. The van der Waals surface area contributed by atoms with Gasteiger partial charge in [-0.3, -0.25) is 9.69 Å². The van der Waals surface area contributed by atoms with Crippen molar-refractivity contribution in [1.29, 1.82) is 0 Å². The number of nitrogens with zero attached hydrogens (tertiary/aromatic N) is 3. The number of benzene rings is 1. The van der Waals surface area contributed by atoms with E-state index in [1.807, 2.05) is 0 Å². The lowest BCUT2D eigenvalue weighted by atomic mass is 10.2. The van der Waals surface area contributed by atoms with Gasteiger partial charge < -0.3 is 19.8 Å². The van der Waals surface area contributed by atoms with Crippen molar-refractivity contribution < 1.29 is 23.9 Å². The summed E-state index contributed by atoms with van der Waals surface area (Å²) in [6.45, 7) is 1.80. The zero-order valence-electron chi connectivity index (χ0n) is 13.9. The summed E-state index contributed by atoms with van der Waals surface area (Å²) >= 11 is 0. The van der Waals surface area contributed by atoms with Crippen LogP contribution in [0.4, 0.5) is 14.9 Å². The predicted molar refractivity (Wildman–Crippen MR) is 91.4 cm³/mol. The first-order chi connectivity index (χ1) is 12.5. The normalized spacial score (nSPS) is 16.9. The first-order valence-electron chi connectivity index (χ1n) is 7.86. The second-order valence-corrected chi connectivity index (χ2v) is 5.79. The summed E-state index contributed by atoms with van der Waals surface area (Å²) in [5.41, 5.74) is 1.26. The molecule has 0 aliphatic carbocycles. The van der Waals surface area contributed by atoms with E-state index in [2.05, 4.69) is 10.5 Å². The molecule has 0 spiro atoms. The molecule has 1 fully saturated rings. The standard InChI is InChI=1S/C17H17FN4O4/c1-11(23)19-8-14-10-22(17(24)26-14)13-2-3-16(15(18)6-13)21-5-4-12(9-21)7-20-25/h2-7,9,14,25H,8,10H2,1H3,(H,19,23). The predicted octanol–water partition coefficient (Wildman–Crippen LogP) is 1.89. The van der Waals surface area contributed by atoms with E-state index in [0.29, 0.717) is 11.3 Å². The Kier molecular flexibility index (Phi) is 4.87. The van der Waals surface area contributed by atoms with Crippen molar-refractivity contribution >= 4 is 23.9 Å². The molecule has 1 unspecified atom stereocenters. The Morgan fingerprint density at radius 1 is 1.50 bits per heavy atom. The summed E-state index contributed by atoms with van der Waals surface area (Å²) in [4.78, 5) is 24.3. The van der Waals surface area contributed by atoms with Crippen LogP contribution >= 0.6 is 0 Å². The SMILES string of the molecule is CC(=O)NCC1CN(c2ccc(-n3ccc(C=NO)c3)c(F)c2)C(=O)O1. The van der Waals surface area contributed by atoms with Gasteiger partial charge in [-0.1, -0.05) is 5.16 Å². The number of hydrogen-bond acceptors (Lipinski definition) is 5. The quantitative estimate of drug-likeness (QED) is 0.483. The van der Waals surface area contributed by atoms with Gasteiger partial charge in [0.25, 0.3) is 0 Å². The largest absolute Gasteiger partial charge is 0.442 e. The number of ether oxygens (including phenoxy) is 1. The van der Waals surface area contributed by atoms with Crippen LogP contribution in [-0.4, -0.2) is 47.2 Å². The van der Waals surface area contributed by atoms with Crippen LogP contribution in [0.15, 0.2) is 41.8 Å². The molecule has 2 amide bonds. The van der Waals surface area contributed by atoms with Crippen LogP contribution in [0.5, 0.6) is 0 Å². The molecule has 2 heterocycles. The molecule has 8 nitrogen and oxygen atoms in total. The molecular formula is C17H17FN4O4. The fourth-order valence-corrected chi connectivity index (χ4v) is 2.68. The molecule has 1 saturated heterocycles. The van der Waals surface area contributed by atoms with E-state index < -0.39 is 18.0 Å². The molecule has 1 atom stereocenters. The number of aromatic nitrogens is 1. The fraction of sp³-hybridized carbons (Fsp3) is 0.235. The van der Waals surface area contributed by atoms with E-state index >= 15 is 0 Å². The maximum atomic E-state index is 14.5. The van der Waals surface area contributed by atoms with Crippen LogP contribution in [0.25, 0.3) is 5.69 Å². The molecule has 1 aliphatic heterocycles. The Hall–Kier alpha value is -3.36. The van der Waals surface area contributed by atoms with Gasteiger partial charge in [-0.15, -0.1) is 0 Å². The van der Waals surface area contributed by atoms with Crippen LogP contribution in [0.1, 0.15) is 12.5 Å². The monoisotopic (exact) mass is 360 g/mol. The van der Waals surface area contributed by atoms with Gasteiger partial charge in [0, 0.05) is 24.9 Å². The van der Waals surface area contributed by atoms with Gasteiger partial charge in [0.2, 0.25) is 5.91 Å². The minimum absolute atomic E-state index is 0.205. The third-order valence-electron chi connectivity index (χ3n) is 3.90. The molecule has 26 heavy (non-hydrogen) atoms. The molecule has 1 aromatic heterocycles. The van der Waals surface area contributed by atoms with Crippen LogP contribution < -0.4 is 10.2 Å². The summed E-state index contributed by atoms with van der Waals surface area (Å²) in [5, 5.41) is 14.1. The molecule has 3 rings (SSSR count). The topological polar surface area (TPSA) is 96.2 Å². The minimum Gasteiger partial charge on any atom is -0.442 e. The number of amides is 2. The van der Waals surface area contributed by atoms with Crippen molar-refractivity contribution in [2.75, 3.05) is 18.0 Å². The highest BCUT2D eigenvalue weighted by atomic mass is 19.1. The highest BCUT2D eigenvalue weighted by molar-refractivity contribution is 5.90. The Morgan fingerprint density at radius 3 is 3.00 bits per heavy atom. The lowest BCUT2D eigenvalue weighted by molar-refractivity contribution is -0.119. The van der Waals surface area contributed by atoms with Crippen molar-refractivity contribution in [1.82, 2.24) is 9.88 Å². The first-order valence-corrected chi connectivity index (χ1v) is 7.86. The molecule has 2 aromatic rings. The Bertz CT molecular complexity index is 864. The van der Waals surface area contributed by atoms with Gasteiger partial charge in [-0.2, -0.15) is 0 Å². The maximum Gasteiger partial charge on any atom is 0.414 e. The molecule has 0 saturated carbocycles. The maximum absolute atomic E-state index is 14.5. The van der Waals surface area contributed by atoms with Gasteiger partial charge >= 0.3 is 6.09 Å². The van der Waals surface area contributed by atoms with Crippen LogP contribution in [-0.2, 0) is 9.53 Å². The van der Waals surface area contributed by atoms with Crippen molar-refractivity contribution in [3.63, 3.8) is 0 Å². The lowest BCUT2D eigenvalue weighted by Gasteiger charge is -2.14. The first kappa shape index (κ1) is 17.5. The zero-order valence-corrected chi connectivity index (χ0v) is 13.9. The lowest BCUT2D eigenvalue weighted by Crippen LogP contribution is -2.33. The van der Waals surface area contributed by atoms with Crippen molar-refractivity contribution in [2.24, 2.45) is 5.16 Å². The smallest absolute Gasteiger partial charge is 0.414 e. The second kappa shape index (κ2) is 7.26. The van der Waals surface area contributed by atoms with Gasteiger partial charge in [0.1, 0.15) is 11.9 Å². The Labute approximate surface area is 148 Å². The van der Waals surface area contributed by atoms with Gasteiger partial charge in [-0.25, -0.2) is 9.18 Å². The van der Waals surface area contributed by atoms with E-state index in [1.54, 1.807) is 30.6 Å². The van der Waals surface area contributed by atoms with Crippen LogP contribution in [0, 0.1) is 5.82 Å². The number of halogens is 1. The van der Waals surface area contributed by atoms with Crippen LogP contribution in [0.3, 0.4) is 0 Å². The number of oxime groups is 1. The van der Waals surface area contributed by atoms with Crippen molar-refractivity contribution in [2.45, 2.75) is 13.0 Å². The number of carbonyl (C=O) groups excluding carboxylic acids is 2. The molecule has 1 aliphatic rings. The summed E-state index contributed by atoms with van der Waals surface area (Å²) in [5.74, 6) is -0.740. The fourth-order valence-electron chi connectivity index (χ4n) is 2.68. The van der Waals surface area contributed by atoms with Gasteiger partial charge in [-0.05, 0) is 24.3 Å². The highest BCUT2D eigenvalue weighted by Gasteiger charge is 2.32. The van der Waals surface area contributed by atoms with Crippen molar-refractivity contribution in [3.05, 3.63) is 48.0 Å². The van der Waals surface area contributed by atoms with E-state index in [9.17, 15) is 14.0 Å². The molecule has 1 aromatic carbocycles. The minimum atomic E-state index is -0.588. The second-order valence-electron chi connectivity index (χ2n) is 5.79. The number of hydrogen-bond donors (Lipinski definition) is 2.